The summed E-state index contributed by atoms with van der Waals surface area (Å²) in [7, 11) is 1.71. The Labute approximate surface area is 94.8 Å². The van der Waals surface area contributed by atoms with Crippen LogP contribution in [0.5, 0.6) is 5.75 Å². The average molecular weight is 216 g/mol. The van der Waals surface area contributed by atoms with Gasteiger partial charge in [-0.3, -0.25) is 0 Å². The molecule has 0 amide bonds. The summed E-state index contributed by atoms with van der Waals surface area (Å²) < 4.78 is 5.28. The van der Waals surface area contributed by atoms with Crippen molar-refractivity contribution < 1.29 is 4.74 Å². The van der Waals surface area contributed by atoms with Crippen LogP contribution in [0.15, 0.2) is 18.2 Å². The van der Waals surface area contributed by atoms with Gasteiger partial charge in [0.1, 0.15) is 5.75 Å². The Morgan fingerprint density at radius 2 is 2.25 bits per heavy atom. The van der Waals surface area contributed by atoms with Crippen LogP contribution < -0.4 is 10.1 Å². The molecule has 1 unspecified atom stereocenters. The van der Waals surface area contributed by atoms with Gasteiger partial charge in [-0.05, 0) is 23.8 Å². The number of hydrogen-bond donors (Lipinski definition) is 2. The van der Waals surface area contributed by atoms with Gasteiger partial charge in [-0.25, -0.2) is 0 Å². The lowest BCUT2D eigenvalue weighted by Crippen LogP contribution is -2.26. The molecule has 3 rings (SSSR count). The maximum atomic E-state index is 5.28. The molecule has 1 aromatic carbocycles. The van der Waals surface area contributed by atoms with Gasteiger partial charge < -0.3 is 15.0 Å². The first-order chi connectivity index (χ1) is 7.79. The monoisotopic (exact) mass is 216 g/mol. The van der Waals surface area contributed by atoms with Crippen molar-refractivity contribution in [2.24, 2.45) is 0 Å². The van der Waals surface area contributed by atoms with Crippen molar-refractivity contribution in [3.05, 3.63) is 29.5 Å². The van der Waals surface area contributed by atoms with E-state index in [0.29, 0.717) is 5.92 Å². The Kier molecular flexibility index (Phi) is 2.14. The summed E-state index contributed by atoms with van der Waals surface area (Å²) in [5.41, 5.74) is 3.98. The van der Waals surface area contributed by atoms with Gasteiger partial charge in [-0.15, -0.1) is 0 Å². The number of ether oxygens (including phenoxy) is 1. The molecule has 16 heavy (non-hydrogen) atoms. The number of aromatic nitrogens is 1. The minimum atomic E-state index is 0.558. The van der Waals surface area contributed by atoms with Crippen LogP contribution in [-0.2, 0) is 6.54 Å². The smallest absolute Gasteiger partial charge is 0.119 e. The molecule has 3 nitrogen and oxygen atoms in total. The predicted octanol–water partition coefficient (Wildman–Crippen LogP) is 2.38. The van der Waals surface area contributed by atoms with Crippen molar-refractivity contribution in [2.75, 3.05) is 13.7 Å². The second-order valence-electron chi connectivity index (χ2n) is 4.46. The number of hydrogen-bond acceptors (Lipinski definition) is 2. The maximum Gasteiger partial charge on any atom is 0.119 e. The third-order valence-electron chi connectivity index (χ3n) is 3.39. The number of fused-ring (bicyclic) bond motifs is 3. The van der Waals surface area contributed by atoms with E-state index in [4.69, 9.17) is 4.74 Å². The zero-order valence-electron chi connectivity index (χ0n) is 9.63. The lowest BCUT2D eigenvalue weighted by Gasteiger charge is -2.19. The molecule has 1 aliphatic heterocycles. The average Bonchev–Trinajstić information content (AvgIpc) is 2.68. The van der Waals surface area contributed by atoms with E-state index in [-0.39, 0.29) is 0 Å². The number of H-pyrrole nitrogens is 1. The van der Waals surface area contributed by atoms with Gasteiger partial charge in [0, 0.05) is 35.6 Å². The van der Waals surface area contributed by atoms with Gasteiger partial charge in [0.25, 0.3) is 0 Å². The van der Waals surface area contributed by atoms with Crippen molar-refractivity contribution in [3.63, 3.8) is 0 Å². The van der Waals surface area contributed by atoms with E-state index in [1.807, 2.05) is 6.07 Å². The highest BCUT2D eigenvalue weighted by Gasteiger charge is 2.20. The largest absolute Gasteiger partial charge is 0.497 e. The molecule has 0 saturated heterocycles. The standard InChI is InChI=1S/C13H16N2O/c1-8-6-14-7-11-10-5-9(16-2)3-4-12(10)15-13(8)11/h3-5,8,14-15H,6-7H2,1-2H3. The summed E-state index contributed by atoms with van der Waals surface area (Å²) in [5, 5.41) is 4.73. The van der Waals surface area contributed by atoms with Crippen LogP contribution in [0.3, 0.4) is 0 Å². The van der Waals surface area contributed by atoms with Crippen LogP contribution >= 0.6 is 0 Å². The zero-order valence-corrected chi connectivity index (χ0v) is 9.63. The third-order valence-corrected chi connectivity index (χ3v) is 3.39. The normalized spacial score (nSPS) is 19.8. The number of rotatable bonds is 1. The first-order valence-electron chi connectivity index (χ1n) is 5.69. The van der Waals surface area contributed by atoms with Crippen LogP contribution in [0, 0.1) is 0 Å². The van der Waals surface area contributed by atoms with E-state index in [0.717, 1.165) is 18.8 Å². The Morgan fingerprint density at radius 1 is 1.38 bits per heavy atom. The third kappa shape index (κ3) is 1.32. The fraction of sp³-hybridized carbons (Fsp3) is 0.385. The Balaban J connectivity index is 2.25. The van der Waals surface area contributed by atoms with E-state index >= 15 is 0 Å². The van der Waals surface area contributed by atoms with Gasteiger partial charge in [-0.1, -0.05) is 6.92 Å². The fourth-order valence-corrected chi connectivity index (χ4v) is 2.50. The van der Waals surface area contributed by atoms with Gasteiger partial charge in [0.2, 0.25) is 0 Å². The minimum Gasteiger partial charge on any atom is -0.497 e. The molecule has 0 saturated carbocycles. The Hall–Kier alpha value is -1.48. The highest BCUT2D eigenvalue weighted by atomic mass is 16.5. The summed E-state index contributed by atoms with van der Waals surface area (Å²) in [6.45, 7) is 4.25. The lowest BCUT2D eigenvalue weighted by molar-refractivity contribution is 0.415. The van der Waals surface area contributed by atoms with Crippen LogP contribution in [0.25, 0.3) is 10.9 Å². The summed E-state index contributed by atoms with van der Waals surface area (Å²) in [4.78, 5) is 3.52. The molecule has 2 heterocycles. The predicted molar refractivity (Wildman–Crippen MR) is 65.0 cm³/mol. The number of benzene rings is 1. The molecular formula is C13H16N2O. The quantitative estimate of drug-likeness (QED) is 0.768. The molecule has 3 heteroatoms. The summed E-state index contributed by atoms with van der Waals surface area (Å²) in [6.07, 6.45) is 0. The lowest BCUT2D eigenvalue weighted by atomic mass is 9.98. The van der Waals surface area contributed by atoms with E-state index in [1.165, 1.54) is 22.2 Å². The molecule has 1 aliphatic rings. The number of nitrogens with one attached hydrogen (secondary N) is 2. The summed E-state index contributed by atoms with van der Waals surface area (Å²) >= 11 is 0. The minimum absolute atomic E-state index is 0.558. The topological polar surface area (TPSA) is 37.0 Å². The molecule has 0 aliphatic carbocycles. The van der Waals surface area contributed by atoms with Crippen molar-refractivity contribution >= 4 is 10.9 Å². The van der Waals surface area contributed by atoms with Gasteiger partial charge >= 0.3 is 0 Å². The molecule has 0 fully saturated rings. The van der Waals surface area contributed by atoms with E-state index < -0.39 is 0 Å². The van der Waals surface area contributed by atoms with Crippen molar-refractivity contribution in [2.45, 2.75) is 19.4 Å². The molecular weight excluding hydrogens is 200 g/mol. The van der Waals surface area contributed by atoms with E-state index in [1.54, 1.807) is 7.11 Å². The molecule has 2 aromatic rings. The first-order valence-corrected chi connectivity index (χ1v) is 5.69. The Bertz CT molecular complexity index is 530. The molecule has 0 bridgehead atoms. The summed E-state index contributed by atoms with van der Waals surface area (Å²) in [5.74, 6) is 1.48. The van der Waals surface area contributed by atoms with Gasteiger partial charge in [0.05, 0.1) is 7.11 Å². The maximum absolute atomic E-state index is 5.28. The van der Waals surface area contributed by atoms with Crippen LogP contribution in [0.4, 0.5) is 0 Å². The van der Waals surface area contributed by atoms with Crippen molar-refractivity contribution in [1.82, 2.24) is 10.3 Å². The molecule has 2 N–H and O–H groups in total. The number of methoxy groups -OCH3 is 1. The molecule has 84 valence electrons. The molecule has 1 atom stereocenters. The van der Waals surface area contributed by atoms with E-state index in [2.05, 4.69) is 29.4 Å². The van der Waals surface area contributed by atoms with Crippen LogP contribution in [0.2, 0.25) is 0 Å². The first kappa shape index (κ1) is 9.73. The molecule has 1 aromatic heterocycles. The van der Waals surface area contributed by atoms with Crippen molar-refractivity contribution in [3.8, 4) is 5.75 Å². The highest BCUT2D eigenvalue weighted by molar-refractivity contribution is 5.86. The van der Waals surface area contributed by atoms with Gasteiger partial charge in [0.15, 0.2) is 0 Å². The highest BCUT2D eigenvalue weighted by Crippen LogP contribution is 2.32. The molecule has 0 radical (unpaired) electrons. The zero-order chi connectivity index (χ0) is 11.1. The Morgan fingerprint density at radius 3 is 3.06 bits per heavy atom. The number of aromatic amines is 1. The van der Waals surface area contributed by atoms with E-state index in [9.17, 15) is 0 Å². The van der Waals surface area contributed by atoms with Crippen LogP contribution in [0.1, 0.15) is 24.1 Å². The second-order valence-corrected chi connectivity index (χ2v) is 4.46. The second kappa shape index (κ2) is 3.52. The van der Waals surface area contributed by atoms with Gasteiger partial charge in [-0.2, -0.15) is 0 Å². The van der Waals surface area contributed by atoms with Crippen LogP contribution in [-0.4, -0.2) is 18.6 Å². The molecule has 0 spiro atoms. The SMILES string of the molecule is COc1ccc2[nH]c3c(c2c1)CNCC3C. The summed E-state index contributed by atoms with van der Waals surface area (Å²) in [6, 6.07) is 6.21. The van der Waals surface area contributed by atoms with Crippen molar-refractivity contribution in [1.29, 1.82) is 0 Å². The fourth-order valence-electron chi connectivity index (χ4n) is 2.50.